The fraction of sp³-hybridized carbons (Fsp3) is 0.500. The fourth-order valence-electron chi connectivity index (χ4n) is 2.14. The lowest BCUT2D eigenvalue weighted by Gasteiger charge is -2.21. The van der Waals surface area contributed by atoms with Gasteiger partial charge in [0.15, 0.2) is 0 Å². The number of carbonyl (C=O) groups excluding carboxylic acids is 1. The number of amides is 1. The molecule has 120 valence electrons. The highest BCUT2D eigenvalue weighted by molar-refractivity contribution is 7.09. The summed E-state index contributed by atoms with van der Waals surface area (Å²) in [5.41, 5.74) is 8.47. The van der Waals surface area contributed by atoms with Crippen LogP contribution in [0.5, 0.6) is 0 Å². The molecule has 6 heteroatoms. The van der Waals surface area contributed by atoms with Gasteiger partial charge in [0.2, 0.25) is 0 Å². The van der Waals surface area contributed by atoms with Crippen molar-refractivity contribution >= 4 is 17.2 Å². The van der Waals surface area contributed by atoms with Crippen LogP contribution in [0.2, 0.25) is 0 Å². The van der Waals surface area contributed by atoms with E-state index in [1.165, 1.54) is 0 Å². The van der Waals surface area contributed by atoms with Crippen molar-refractivity contribution in [3.8, 4) is 11.3 Å². The monoisotopic (exact) mass is 320 g/mol. The molecule has 0 saturated heterocycles. The lowest BCUT2D eigenvalue weighted by atomic mass is 10.0. The van der Waals surface area contributed by atoms with Crippen molar-refractivity contribution in [3.63, 3.8) is 0 Å². The van der Waals surface area contributed by atoms with E-state index in [0.29, 0.717) is 18.2 Å². The van der Waals surface area contributed by atoms with Crippen LogP contribution in [0.1, 0.15) is 35.8 Å². The van der Waals surface area contributed by atoms with Crippen LogP contribution in [0.15, 0.2) is 17.6 Å². The van der Waals surface area contributed by atoms with E-state index >= 15 is 0 Å². The Balaban J connectivity index is 1.99. The van der Waals surface area contributed by atoms with Gasteiger partial charge in [-0.05, 0) is 25.3 Å². The first kappa shape index (κ1) is 16.7. The van der Waals surface area contributed by atoms with Gasteiger partial charge in [-0.1, -0.05) is 13.8 Å². The lowest BCUT2D eigenvalue weighted by Crippen LogP contribution is -2.34. The maximum Gasteiger partial charge on any atom is 0.270 e. The number of nitrogens with one attached hydrogen (secondary N) is 1. The second-order valence-electron chi connectivity index (χ2n) is 5.98. The molecule has 0 aliphatic carbocycles. The molecule has 0 fully saturated rings. The summed E-state index contributed by atoms with van der Waals surface area (Å²) in [7, 11) is 1.81. The predicted octanol–water partition coefficient (Wildman–Crippen LogP) is 2.89. The average molecular weight is 320 g/mol. The summed E-state index contributed by atoms with van der Waals surface area (Å²) in [6, 6.07) is 1.97. The molecule has 0 saturated carbocycles. The summed E-state index contributed by atoms with van der Waals surface area (Å²) < 4.78 is 0. The molecule has 0 aliphatic rings. The molecule has 0 aliphatic heterocycles. The first-order valence-corrected chi connectivity index (χ1v) is 8.38. The molecule has 0 aromatic carbocycles. The molecule has 1 amide bonds. The summed E-state index contributed by atoms with van der Waals surface area (Å²) in [5, 5.41) is 3.02. The second-order valence-corrected chi connectivity index (χ2v) is 7.04. The molecule has 1 atom stereocenters. The minimum absolute atomic E-state index is 0.0193. The van der Waals surface area contributed by atoms with E-state index < -0.39 is 0 Å². The third-order valence-corrected chi connectivity index (χ3v) is 4.60. The van der Waals surface area contributed by atoms with Crippen molar-refractivity contribution in [1.29, 1.82) is 0 Å². The Morgan fingerprint density at radius 2 is 2.23 bits per heavy atom. The maximum atomic E-state index is 12.4. The minimum atomic E-state index is -0.0193. The number of rotatable bonds is 6. The van der Waals surface area contributed by atoms with Crippen LogP contribution in [0.3, 0.4) is 0 Å². The Hall–Kier alpha value is -1.66. The normalized spacial score (nSPS) is 12.6. The second kappa shape index (κ2) is 7.07. The summed E-state index contributed by atoms with van der Waals surface area (Å²) in [6.07, 6.45) is 2.63. The molecule has 2 aromatic heterocycles. The number of carbonyl (C=O) groups is 1. The van der Waals surface area contributed by atoms with Gasteiger partial charge in [-0.25, -0.2) is 4.98 Å². The van der Waals surface area contributed by atoms with Crippen molar-refractivity contribution in [1.82, 2.24) is 14.9 Å². The number of nitrogens with two attached hydrogens (primary N) is 1. The number of thiazole rings is 1. The molecular formula is C16H24N4OS. The van der Waals surface area contributed by atoms with Crippen LogP contribution < -0.4 is 5.73 Å². The van der Waals surface area contributed by atoms with Crippen molar-refractivity contribution in [3.05, 3.63) is 28.3 Å². The van der Waals surface area contributed by atoms with Crippen molar-refractivity contribution in [2.75, 3.05) is 13.6 Å². The third-order valence-electron chi connectivity index (χ3n) is 3.83. The Labute approximate surface area is 135 Å². The Bertz CT molecular complexity index is 632. The number of aromatic amines is 1. The molecule has 1 unspecified atom stereocenters. The summed E-state index contributed by atoms with van der Waals surface area (Å²) in [6.45, 7) is 6.82. The Morgan fingerprint density at radius 1 is 1.50 bits per heavy atom. The van der Waals surface area contributed by atoms with Gasteiger partial charge < -0.3 is 15.6 Å². The minimum Gasteiger partial charge on any atom is -0.357 e. The predicted molar refractivity (Wildman–Crippen MR) is 91.0 cm³/mol. The van der Waals surface area contributed by atoms with Crippen LogP contribution in [-0.4, -0.2) is 40.4 Å². The van der Waals surface area contributed by atoms with E-state index in [9.17, 15) is 4.79 Å². The Morgan fingerprint density at radius 3 is 2.82 bits per heavy atom. The first-order chi connectivity index (χ1) is 10.4. The number of hydrogen-bond acceptors (Lipinski definition) is 4. The smallest absolute Gasteiger partial charge is 0.270 e. The van der Waals surface area contributed by atoms with Gasteiger partial charge in [0.1, 0.15) is 5.69 Å². The number of nitrogens with zero attached hydrogens (tertiary/aromatic N) is 2. The first-order valence-electron chi connectivity index (χ1n) is 7.50. The zero-order valence-electron chi connectivity index (χ0n) is 13.6. The molecule has 0 radical (unpaired) electrons. The number of aryl methyl sites for hydroxylation is 1. The molecular weight excluding hydrogens is 296 g/mol. The highest BCUT2D eigenvalue weighted by Crippen LogP contribution is 2.22. The zero-order chi connectivity index (χ0) is 16.3. The number of hydrogen-bond donors (Lipinski definition) is 2. The quantitative estimate of drug-likeness (QED) is 0.859. The summed E-state index contributed by atoms with van der Waals surface area (Å²) >= 11 is 1.60. The van der Waals surface area contributed by atoms with Crippen LogP contribution in [0.4, 0.5) is 0 Å². The van der Waals surface area contributed by atoms with E-state index in [4.69, 9.17) is 5.73 Å². The molecule has 5 nitrogen and oxygen atoms in total. The van der Waals surface area contributed by atoms with Crippen molar-refractivity contribution in [2.24, 2.45) is 11.7 Å². The summed E-state index contributed by atoms with van der Waals surface area (Å²) in [4.78, 5) is 21.6. The third kappa shape index (κ3) is 3.96. The van der Waals surface area contributed by atoms with Crippen molar-refractivity contribution < 1.29 is 4.79 Å². The number of H-pyrrole nitrogens is 1. The van der Waals surface area contributed by atoms with Gasteiger partial charge in [-0.15, -0.1) is 11.3 Å². The van der Waals surface area contributed by atoms with Gasteiger partial charge in [-0.3, -0.25) is 4.79 Å². The fourth-order valence-corrected chi connectivity index (χ4v) is 2.77. The van der Waals surface area contributed by atoms with Crippen molar-refractivity contribution in [2.45, 2.75) is 33.2 Å². The van der Waals surface area contributed by atoms with E-state index in [1.807, 2.05) is 31.6 Å². The van der Waals surface area contributed by atoms with E-state index in [2.05, 4.69) is 23.8 Å². The van der Waals surface area contributed by atoms with Gasteiger partial charge in [0.05, 0.1) is 10.7 Å². The van der Waals surface area contributed by atoms with Gasteiger partial charge >= 0.3 is 0 Å². The highest BCUT2D eigenvalue weighted by atomic mass is 32.1. The molecule has 3 N–H and O–H groups in total. The van der Waals surface area contributed by atoms with Crippen LogP contribution >= 0.6 is 11.3 Å². The molecule has 2 rings (SSSR count). The van der Waals surface area contributed by atoms with Gasteiger partial charge in [-0.2, -0.15) is 0 Å². The SMILES string of the molecule is Cc1nc(-c2c[nH]c(C(=O)N(C)CCC(N)C(C)C)c2)cs1. The topological polar surface area (TPSA) is 75.0 Å². The Kier molecular flexibility index (Phi) is 5.37. The molecule has 2 aromatic rings. The van der Waals surface area contributed by atoms with Gasteiger partial charge in [0, 0.05) is 36.8 Å². The van der Waals surface area contributed by atoms with Crippen LogP contribution in [0.25, 0.3) is 11.3 Å². The highest BCUT2D eigenvalue weighted by Gasteiger charge is 2.16. The average Bonchev–Trinajstić information content (AvgIpc) is 3.11. The standard InChI is InChI=1S/C16H24N4OS/c1-10(2)13(17)5-6-20(4)16(21)14-7-12(8-18-14)15-9-22-11(3)19-15/h7-10,13,18H,5-6,17H2,1-4H3. The molecule has 0 bridgehead atoms. The maximum absolute atomic E-state index is 12.4. The van der Waals surface area contributed by atoms with E-state index in [1.54, 1.807) is 16.2 Å². The molecule has 22 heavy (non-hydrogen) atoms. The zero-order valence-corrected chi connectivity index (χ0v) is 14.4. The van der Waals surface area contributed by atoms with E-state index in [-0.39, 0.29) is 11.9 Å². The summed E-state index contributed by atoms with van der Waals surface area (Å²) in [5.74, 6) is 0.405. The molecule has 2 heterocycles. The largest absolute Gasteiger partial charge is 0.357 e. The lowest BCUT2D eigenvalue weighted by molar-refractivity contribution is 0.0784. The van der Waals surface area contributed by atoms with Crippen LogP contribution in [0, 0.1) is 12.8 Å². The van der Waals surface area contributed by atoms with E-state index in [0.717, 1.165) is 22.7 Å². The van der Waals surface area contributed by atoms with Crippen LogP contribution in [-0.2, 0) is 0 Å². The van der Waals surface area contributed by atoms with Gasteiger partial charge in [0.25, 0.3) is 5.91 Å². The molecule has 0 spiro atoms. The number of aromatic nitrogens is 2.